The van der Waals surface area contributed by atoms with Crippen LogP contribution in [0.5, 0.6) is 0 Å². The van der Waals surface area contributed by atoms with E-state index in [0.717, 1.165) is 26.2 Å². The van der Waals surface area contributed by atoms with E-state index in [1.54, 1.807) is 0 Å². The summed E-state index contributed by atoms with van der Waals surface area (Å²) in [6.45, 7) is 5.20. The lowest BCUT2D eigenvalue weighted by molar-refractivity contribution is -0.144. The van der Waals surface area contributed by atoms with E-state index in [2.05, 4.69) is 10.1 Å². The van der Waals surface area contributed by atoms with Crippen molar-refractivity contribution >= 4 is 5.97 Å². The molecule has 14 heavy (non-hydrogen) atoms. The zero-order valence-electron chi connectivity index (χ0n) is 8.91. The van der Waals surface area contributed by atoms with Crippen LogP contribution in [-0.2, 0) is 14.3 Å². The van der Waals surface area contributed by atoms with Gasteiger partial charge in [0.05, 0.1) is 19.6 Å². The van der Waals surface area contributed by atoms with Crippen molar-refractivity contribution in [3.05, 3.63) is 0 Å². The van der Waals surface area contributed by atoms with Crippen molar-refractivity contribution in [3.63, 3.8) is 0 Å². The third kappa shape index (κ3) is 3.64. The number of esters is 1. The summed E-state index contributed by atoms with van der Waals surface area (Å²) in [6.07, 6.45) is 1.12. The molecule has 2 unspecified atom stereocenters. The van der Waals surface area contributed by atoms with Crippen LogP contribution in [0.15, 0.2) is 0 Å². The van der Waals surface area contributed by atoms with Gasteiger partial charge in [-0.3, -0.25) is 4.79 Å². The van der Waals surface area contributed by atoms with Crippen molar-refractivity contribution in [2.75, 3.05) is 33.4 Å². The van der Waals surface area contributed by atoms with E-state index in [4.69, 9.17) is 4.74 Å². The molecule has 0 aliphatic carbocycles. The number of rotatable bonds is 5. The predicted octanol–water partition coefficient (Wildman–Crippen LogP) is 0.422. The summed E-state index contributed by atoms with van der Waals surface area (Å²) in [4.78, 5) is 11.1. The highest BCUT2D eigenvalue weighted by atomic mass is 16.5. The third-order valence-corrected chi connectivity index (χ3v) is 2.51. The topological polar surface area (TPSA) is 47.6 Å². The SMILES string of the molecule is COC(=O)C(C)CNCC1CCOC1. The quantitative estimate of drug-likeness (QED) is 0.655. The molecular weight excluding hydrogens is 182 g/mol. The van der Waals surface area contributed by atoms with Crippen LogP contribution in [-0.4, -0.2) is 39.4 Å². The van der Waals surface area contributed by atoms with Crippen LogP contribution >= 0.6 is 0 Å². The summed E-state index contributed by atoms with van der Waals surface area (Å²) < 4.78 is 9.88. The molecular formula is C10H19NO3. The highest BCUT2D eigenvalue weighted by Gasteiger charge is 2.17. The number of nitrogens with one attached hydrogen (secondary N) is 1. The minimum absolute atomic E-state index is 0.0673. The van der Waals surface area contributed by atoms with Crippen molar-refractivity contribution in [1.82, 2.24) is 5.32 Å². The first kappa shape index (κ1) is 11.5. The molecule has 1 rings (SSSR count). The normalized spacial score (nSPS) is 23.4. The Morgan fingerprint density at radius 1 is 1.71 bits per heavy atom. The summed E-state index contributed by atoms with van der Waals surface area (Å²) in [5.41, 5.74) is 0. The fourth-order valence-corrected chi connectivity index (χ4v) is 1.53. The molecule has 1 heterocycles. The molecule has 4 nitrogen and oxygen atoms in total. The van der Waals surface area contributed by atoms with Crippen LogP contribution < -0.4 is 5.32 Å². The van der Waals surface area contributed by atoms with Gasteiger partial charge in [-0.25, -0.2) is 0 Å². The number of carbonyl (C=O) groups is 1. The Labute approximate surface area is 85.0 Å². The van der Waals surface area contributed by atoms with E-state index >= 15 is 0 Å². The number of carbonyl (C=O) groups excluding carboxylic acids is 1. The smallest absolute Gasteiger partial charge is 0.309 e. The first-order chi connectivity index (χ1) is 6.74. The molecule has 0 amide bonds. The summed E-state index contributed by atoms with van der Waals surface area (Å²) >= 11 is 0. The van der Waals surface area contributed by atoms with Crippen molar-refractivity contribution in [2.24, 2.45) is 11.8 Å². The van der Waals surface area contributed by atoms with Gasteiger partial charge in [-0.2, -0.15) is 0 Å². The molecule has 4 heteroatoms. The lowest BCUT2D eigenvalue weighted by Crippen LogP contribution is -2.31. The Morgan fingerprint density at radius 2 is 2.50 bits per heavy atom. The van der Waals surface area contributed by atoms with Crippen molar-refractivity contribution in [3.8, 4) is 0 Å². The van der Waals surface area contributed by atoms with E-state index in [0.29, 0.717) is 12.5 Å². The molecule has 1 aliphatic heterocycles. The van der Waals surface area contributed by atoms with Gasteiger partial charge in [0, 0.05) is 19.7 Å². The Kier molecular flexibility index (Phi) is 4.90. The maximum atomic E-state index is 11.1. The van der Waals surface area contributed by atoms with Gasteiger partial charge in [-0.1, -0.05) is 6.92 Å². The van der Waals surface area contributed by atoms with Crippen LogP contribution in [0.3, 0.4) is 0 Å². The average molecular weight is 201 g/mol. The third-order valence-electron chi connectivity index (χ3n) is 2.51. The summed E-state index contributed by atoms with van der Waals surface area (Å²) in [7, 11) is 1.42. The lowest BCUT2D eigenvalue weighted by Gasteiger charge is -2.12. The van der Waals surface area contributed by atoms with Gasteiger partial charge in [-0.15, -0.1) is 0 Å². The van der Waals surface area contributed by atoms with Crippen LogP contribution in [0.2, 0.25) is 0 Å². The van der Waals surface area contributed by atoms with E-state index < -0.39 is 0 Å². The number of methoxy groups -OCH3 is 1. The van der Waals surface area contributed by atoms with Gasteiger partial charge in [0.25, 0.3) is 0 Å². The van der Waals surface area contributed by atoms with Crippen molar-refractivity contribution in [1.29, 1.82) is 0 Å². The summed E-state index contributed by atoms with van der Waals surface area (Å²) in [6, 6.07) is 0. The Morgan fingerprint density at radius 3 is 3.07 bits per heavy atom. The summed E-state index contributed by atoms with van der Waals surface area (Å²) in [5, 5.41) is 3.26. The Balaban J connectivity index is 2.05. The van der Waals surface area contributed by atoms with E-state index in [1.165, 1.54) is 7.11 Å². The highest BCUT2D eigenvalue weighted by molar-refractivity contribution is 5.71. The molecule has 1 saturated heterocycles. The molecule has 1 aliphatic rings. The molecule has 0 aromatic rings. The van der Waals surface area contributed by atoms with Crippen LogP contribution in [0, 0.1) is 11.8 Å². The van der Waals surface area contributed by atoms with Gasteiger partial charge < -0.3 is 14.8 Å². The second-order valence-electron chi connectivity index (χ2n) is 3.81. The minimum atomic E-state index is -0.153. The van der Waals surface area contributed by atoms with Gasteiger partial charge in [0.15, 0.2) is 0 Å². The van der Waals surface area contributed by atoms with Gasteiger partial charge in [-0.05, 0) is 12.3 Å². The highest BCUT2D eigenvalue weighted by Crippen LogP contribution is 2.10. The number of hydrogen-bond donors (Lipinski definition) is 1. The van der Waals surface area contributed by atoms with E-state index in [-0.39, 0.29) is 11.9 Å². The fourth-order valence-electron chi connectivity index (χ4n) is 1.53. The fraction of sp³-hybridized carbons (Fsp3) is 0.900. The molecule has 0 bridgehead atoms. The maximum Gasteiger partial charge on any atom is 0.309 e. The molecule has 0 saturated carbocycles. The molecule has 2 atom stereocenters. The van der Waals surface area contributed by atoms with Crippen LogP contribution in [0.1, 0.15) is 13.3 Å². The van der Waals surface area contributed by atoms with Gasteiger partial charge >= 0.3 is 5.97 Å². The summed E-state index contributed by atoms with van der Waals surface area (Å²) in [5.74, 6) is 0.391. The molecule has 1 N–H and O–H groups in total. The molecule has 1 fully saturated rings. The van der Waals surface area contributed by atoms with Gasteiger partial charge in [0.2, 0.25) is 0 Å². The Hall–Kier alpha value is -0.610. The minimum Gasteiger partial charge on any atom is -0.469 e. The zero-order valence-corrected chi connectivity index (χ0v) is 8.91. The predicted molar refractivity (Wildman–Crippen MR) is 53.0 cm³/mol. The first-order valence-corrected chi connectivity index (χ1v) is 5.10. The lowest BCUT2D eigenvalue weighted by atomic mass is 10.1. The standard InChI is InChI=1S/C10H19NO3/c1-8(10(12)13-2)5-11-6-9-3-4-14-7-9/h8-9,11H,3-7H2,1-2H3. The van der Waals surface area contributed by atoms with Gasteiger partial charge in [0.1, 0.15) is 0 Å². The van der Waals surface area contributed by atoms with Crippen LogP contribution in [0.25, 0.3) is 0 Å². The number of hydrogen-bond acceptors (Lipinski definition) is 4. The Bertz CT molecular complexity index is 178. The second kappa shape index (κ2) is 5.98. The molecule has 0 aromatic heterocycles. The zero-order chi connectivity index (χ0) is 10.4. The van der Waals surface area contributed by atoms with Crippen molar-refractivity contribution < 1.29 is 14.3 Å². The van der Waals surface area contributed by atoms with E-state index in [9.17, 15) is 4.79 Å². The number of ether oxygens (including phenoxy) is 2. The molecule has 0 aromatic carbocycles. The average Bonchev–Trinajstić information content (AvgIpc) is 2.69. The second-order valence-corrected chi connectivity index (χ2v) is 3.81. The first-order valence-electron chi connectivity index (χ1n) is 5.10. The molecule has 0 spiro atoms. The van der Waals surface area contributed by atoms with Crippen LogP contribution in [0.4, 0.5) is 0 Å². The van der Waals surface area contributed by atoms with Crippen molar-refractivity contribution in [2.45, 2.75) is 13.3 Å². The van der Waals surface area contributed by atoms with E-state index in [1.807, 2.05) is 6.92 Å². The largest absolute Gasteiger partial charge is 0.469 e. The maximum absolute atomic E-state index is 11.1. The molecule has 0 radical (unpaired) electrons. The molecule has 82 valence electrons. The monoisotopic (exact) mass is 201 g/mol.